The molecule has 2 atom stereocenters. The Labute approximate surface area is 122 Å². The molecule has 0 saturated carbocycles. The monoisotopic (exact) mass is 338 g/mol. The fourth-order valence-corrected chi connectivity index (χ4v) is 1.65. The molecule has 1 amide bonds. The number of halogens is 6. The van der Waals surface area contributed by atoms with E-state index in [2.05, 4.69) is 5.32 Å². The number of amides is 1. The average Bonchev–Trinajstić information content (AvgIpc) is 2.36. The Hall–Kier alpha value is -1.52. The second kappa shape index (κ2) is 8.20. The zero-order chi connectivity index (χ0) is 17.6. The standard InChI is InChI=1S/C9H15F3N2O.C2HF3O2/c1-6-2-3-13-4-7(6)5-14-8(15)9(10,11)12;3-2(4,5)1(6)7/h6-7,13H,2-5H2,1H3,(H,14,15);(H,6,7). The first kappa shape index (κ1) is 20.5. The fourth-order valence-electron chi connectivity index (χ4n) is 1.65. The molecule has 130 valence electrons. The van der Waals surface area contributed by atoms with Gasteiger partial charge in [-0.05, 0) is 31.3 Å². The van der Waals surface area contributed by atoms with Crippen molar-refractivity contribution in [3.63, 3.8) is 0 Å². The molecular weight excluding hydrogens is 322 g/mol. The summed E-state index contributed by atoms with van der Waals surface area (Å²) in [4.78, 5) is 19.5. The Morgan fingerprint density at radius 3 is 2.05 bits per heavy atom. The molecule has 0 radical (unpaired) electrons. The Balaban J connectivity index is 0.000000534. The maximum atomic E-state index is 11.9. The molecule has 0 aromatic rings. The summed E-state index contributed by atoms with van der Waals surface area (Å²) < 4.78 is 67.4. The van der Waals surface area contributed by atoms with Crippen LogP contribution in [-0.4, -0.2) is 49.0 Å². The minimum atomic E-state index is -5.08. The van der Waals surface area contributed by atoms with Gasteiger partial charge in [0.15, 0.2) is 0 Å². The topological polar surface area (TPSA) is 78.4 Å². The van der Waals surface area contributed by atoms with Gasteiger partial charge < -0.3 is 15.7 Å². The first-order valence-corrected chi connectivity index (χ1v) is 6.21. The van der Waals surface area contributed by atoms with E-state index in [1.165, 1.54) is 0 Å². The van der Waals surface area contributed by atoms with Crippen LogP contribution < -0.4 is 10.6 Å². The van der Waals surface area contributed by atoms with Crippen LogP contribution in [0.2, 0.25) is 0 Å². The van der Waals surface area contributed by atoms with Crippen LogP contribution in [0.15, 0.2) is 0 Å². The third-order valence-electron chi connectivity index (χ3n) is 3.01. The van der Waals surface area contributed by atoms with Crippen molar-refractivity contribution in [1.29, 1.82) is 0 Å². The van der Waals surface area contributed by atoms with E-state index in [0.29, 0.717) is 12.5 Å². The average molecular weight is 338 g/mol. The van der Waals surface area contributed by atoms with Crippen LogP contribution in [0.5, 0.6) is 0 Å². The second-order valence-electron chi connectivity index (χ2n) is 4.74. The van der Waals surface area contributed by atoms with Gasteiger partial charge in [0.2, 0.25) is 0 Å². The van der Waals surface area contributed by atoms with E-state index in [9.17, 15) is 31.1 Å². The van der Waals surface area contributed by atoms with Gasteiger partial charge in [0.05, 0.1) is 0 Å². The molecular formula is C11H16F6N2O3. The van der Waals surface area contributed by atoms with E-state index in [4.69, 9.17) is 9.90 Å². The lowest BCUT2D eigenvalue weighted by atomic mass is 9.88. The molecule has 22 heavy (non-hydrogen) atoms. The van der Waals surface area contributed by atoms with Gasteiger partial charge in [-0.2, -0.15) is 26.3 Å². The highest BCUT2D eigenvalue weighted by molar-refractivity contribution is 5.81. The van der Waals surface area contributed by atoms with Crippen LogP contribution in [0.3, 0.4) is 0 Å². The summed E-state index contributed by atoms with van der Waals surface area (Å²) in [6.45, 7) is 3.64. The maximum Gasteiger partial charge on any atom is 0.490 e. The van der Waals surface area contributed by atoms with Gasteiger partial charge in [0.1, 0.15) is 0 Å². The Morgan fingerprint density at radius 2 is 1.68 bits per heavy atom. The number of carboxylic acids is 1. The molecule has 0 aromatic carbocycles. The maximum absolute atomic E-state index is 11.9. The number of alkyl halides is 6. The Bertz CT molecular complexity index is 383. The van der Waals surface area contributed by atoms with Gasteiger partial charge >= 0.3 is 24.2 Å². The van der Waals surface area contributed by atoms with E-state index < -0.39 is 24.2 Å². The quantitative estimate of drug-likeness (QED) is 0.668. The second-order valence-corrected chi connectivity index (χ2v) is 4.74. The molecule has 0 aliphatic carbocycles. The molecule has 5 nitrogen and oxygen atoms in total. The number of carbonyl (C=O) groups is 2. The van der Waals surface area contributed by atoms with Crippen LogP contribution in [-0.2, 0) is 9.59 Å². The first-order chi connectivity index (χ1) is 9.85. The van der Waals surface area contributed by atoms with Gasteiger partial charge in [-0.15, -0.1) is 0 Å². The van der Waals surface area contributed by atoms with Crippen molar-refractivity contribution >= 4 is 11.9 Å². The molecule has 3 N–H and O–H groups in total. The Morgan fingerprint density at radius 1 is 1.18 bits per heavy atom. The summed E-state index contributed by atoms with van der Waals surface area (Å²) in [7, 11) is 0. The lowest BCUT2D eigenvalue weighted by Crippen LogP contribution is -2.45. The molecule has 1 heterocycles. The SMILES string of the molecule is CC1CCNCC1CNC(=O)C(F)(F)F.O=C(O)C(F)(F)F. The molecule has 1 aliphatic rings. The summed E-state index contributed by atoms with van der Waals surface area (Å²) in [5, 5.41) is 12.1. The summed E-state index contributed by atoms with van der Waals surface area (Å²) in [6.07, 6.45) is -8.92. The zero-order valence-corrected chi connectivity index (χ0v) is 11.5. The van der Waals surface area contributed by atoms with E-state index >= 15 is 0 Å². The molecule has 11 heteroatoms. The number of carbonyl (C=O) groups excluding carboxylic acids is 1. The number of hydrogen-bond donors (Lipinski definition) is 3. The highest BCUT2D eigenvalue weighted by Gasteiger charge is 2.39. The van der Waals surface area contributed by atoms with Crippen LogP contribution in [0, 0.1) is 11.8 Å². The minimum absolute atomic E-state index is 0.0880. The minimum Gasteiger partial charge on any atom is -0.475 e. The fraction of sp³-hybridized carbons (Fsp3) is 0.818. The first-order valence-electron chi connectivity index (χ1n) is 6.21. The summed E-state index contributed by atoms with van der Waals surface area (Å²) in [5.74, 6) is -4.17. The molecule has 0 aromatic heterocycles. The lowest BCUT2D eigenvalue weighted by molar-refractivity contribution is -0.192. The van der Waals surface area contributed by atoms with Gasteiger partial charge in [-0.1, -0.05) is 6.92 Å². The van der Waals surface area contributed by atoms with Crippen molar-refractivity contribution < 1.29 is 41.0 Å². The summed E-state index contributed by atoms with van der Waals surface area (Å²) in [5.41, 5.74) is 0. The highest BCUT2D eigenvalue weighted by atomic mass is 19.4. The third kappa shape index (κ3) is 8.05. The van der Waals surface area contributed by atoms with E-state index in [0.717, 1.165) is 13.0 Å². The number of carboxylic acid groups (broad SMARTS) is 1. The van der Waals surface area contributed by atoms with Crippen LogP contribution in [0.25, 0.3) is 0 Å². The molecule has 1 saturated heterocycles. The van der Waals surface area contributed by atoms with Gasteiger partial charge in [-0.25, -0.2) is 4.79 Å². The third-order valence-corrected chi connectivity index (χ3v) is 3.01. The van der Waals surface area contributed by atoms with Gasteiger partial charge in [0.25, 0.3) is 0 Å². The van der Waals surface area contributed by atoms with E-state index in [1.54, 1.807) is 0 Å². The predicted molar refractivity (Wildman–Crippen MR) is 62.9 cm³/mol. The van der Waals surface area contributed by atoms with Crippen molar-refractivity contribution in [2.45, 2.75) is 25.7 Å². The van der Waals surface area contributed by atoms with Crippen molar-refractivity contribution in [2.24, 2.45) is 11.8 Å². The number of aliphatic carboxylic acids is 1. The molecule has 0 bridgehead atoms. The van der Waals surface area contributed by atoms with Crippen LogP contribution in [0.4, 0.5) is 26.3 Å². The number of hydrogen-bond acceptors (Lipinski definition) is 3. The van der Waals surface area contributed by atoms with Crippen LogP contribution in [0.1, 0.15) is 13.3 Å². The van der Waals surface area contributed by atoms with Crippen molar-refractivity contribution in [2.75, 3.05) is 19.6 Å². The van der Waals surface area contributed by atoms with Crippen LogP contribution >= 0.6 is 0 Å². The summed E-state index contributed by atoms with van der Waals surface area (Å²) in [6, 6.07) is 0. The van der Waals surface area contributed by atoms with E-state index in [1.807, 2.05) is 12.2 Å². The zero-order valence-electron chi connectivity index (χ0n) is 11.5. The molecule has 1 fully saturated rings. The highest BCUT2D eigenvalue weighted by Crippen LogP contribution is 2.19. The number of rotatable bonds is 2. The normalized spacial score (nSPS) is 22.3. The number of nitrogens with one attached hydrogen (secondary N) is 2. The summed E-state index contributed by atoms with van der Waals surface area (Å²) >= 11 is 0. The predicted octanol–water partition coefficient (Wildman–Crippen LogP) is 1.54. The Kier molecular flexibility index (Phi) is 7.64. The van der Waals surface area contributed by atoms with Crippen molar-refractivity contribution in [3.05, 3.63) is 0 Å². The molecule has 1 rings (SSSR count). The van der Waals surface area contributed by atoms with Gasteiger partial charge in [0, 0.05) is 6.54 Å². The van der Waals surface area contributed by atoms with Crippen molar-refractivity contribution in [1.82, 2.24) is 10.6 Å². The largest absolute Gasteiger partial charge is 0.490 e. The van der Waals surface area contributed by atoms with Crippen molar-refractivity contribution in [3.8, 4) is 0 Å². The molecule has 1 aliphatic heterocycles. The van der Waals surface area contributed by atoms with Gasteiger partial charge in [-0.3, -0.25) is 4.79 Å². The molecule has 0 spiro atoms. The lowest BCUT2D eigenvalue weighted by Gasteiger charge is -2.29. The van der Waals surface area contributed by atoms with E-state index in [-0.39, 0.29) is 12.5 Å². The molecule has 2 unspecified atom stereocenters. The number of piperidine rings is 1. The smallest absolute Gasteiger partial charge is 0.475 e.